The summed E-state index contributed by atoms with van der Waals surface area (Å²) in [6, 6.07) is 12.2. The van der Waals surface area contributed by atoms with Crippen molar-refractivity contribution < 1.29 is 8.42 Å². The van der Waals surface area contributed by atoms with Gasteiger partial charge in [-0.1, -0.05) is 44.2 Å². The second kappa shape index (κ2) is 7.99. The molecular formula is C19H26N2O2S2. The zero-order chi connectivity index (χ0) is 17.9. The summed E-state index contributed by atoms with van der Waals surface area (Å²) < 4.78 is 28.1. The summed E-state index contributed by atoms with van der Waals surface area (Å²) in [6.45, 7) is 6.72. The van der Waals surface area contributed by atoms with E-state index in [1.54, 1.807) is 17.5 Å². The number of hydrogen-bond acceptors (Lipinski definition) is 4. The summed E-state index contributed by atoms with van der Waals surface area (Å²) in [5.74, 6) is 0.522. The van der Waals surface area contributed by atoms with Gasteiger partial charge in [0, 0.05) is 25.7 Å². The lowest BCUT2D eigenvalue weighted by Gasteiger charge is -2.36. The van der Waals surface area contributed by atoms with E-state index in [0.29, 0.717) is 16.7 Å². The second-order valence-electron chi connectivity index (χ2n) is 7.06. The standard InChI is InChI=1S/C19H26N2O2S2/c1-15(2)12-18(13-20-25(22,23)19-8-5-11-24-19)21-10-9-16-6-3-4-7-17(16)14-21/h3-8,11,15,18,20H,9-10,12-14H2,1-2H3. The van der Waals surface area contributed by atoms with Gasteiger partial charge >= 0.3 is 0 Å². The van der Waals surface area contributed by atoms with Gasteiger partial charge in [-0.25, -0.2) is 13.1 Å². The molecule has 0 saturated carbocycles. The maximum atomic E-state index is 12.4. The van der Waals surface area contributed by atoms with E-state index in [2.05, 4.69) is 47.7 Å². The van der Waals surface area contributed by atoms with Crippen LogP contribution in [0.2, 0.25) is 0 Å². The van der Waals surface area contributed by atoms with Crippen LogP contribution >= 0.6 is 11.3 Å². The lowest BCUT2D eigenvalue weighted by Crippen LogP contribution is -2.46. The number of hydrogen-bond donors (Lipinski definition) is 1. The fraction of sp³-hybridized carbons (Fsp3) is 0.474. The summed E-state index contributed by atoms with van der Waals surface area (Å²) in [6.07, 6.45) is 2.01. The highest BCUT2D eigenvalue weighted by Crippen LogP contribution is 2.23. The van der Waals surface area contributed by atoms with E-state index in [1.807, 2.05) is 0 Å². The van der Waals surface area contributed by atoms with Crippen molar-refractivity contribution in [2.45, 2.75) is 43.5 Å². The van der Waals surface area contributed by atoms with E-state index in [4.69, 9.17) is 0 Å². The Bertz CT molecular complexity index is 786. The quantitative estimate of drug-likeness (QED) is 0.802. The average Bonchev–Trinajstić information content (AvgIpc) is 3.13. The molecule has 1 unspecified atom stereocenters. The van der Waals surface area contributed by atoms with Crippen LogP contribution in [-0.2, 0) is 23.0 Å². The summed E-state index contributed by atoms with van der Waals surface area (Å²) in [7, 11) is -3.41. The lowest BCUT2D eigenvalue weighted by atomic mass is 9.96. The van der Waals surface area contributed by atoms with Crippen molar-refractivity contribution in [2.75, 3.05) is 13.1 Å². The van der Waals surface area contributed by atoms with Crippen LogP contribution in [-0.4, -0.2) is 32.4 Å². The summed E-state index contributed by atoms with van der Waals surface area (Å²) in [5, 5.41) is 1.79. The third-order valence-electron chi connectivity index (χ3n) is 4.69. The Morgan fingerprint density at radius 2 is 1.92 bits per heavy atom. The first-order chi connectivity index (χ1) is 12.0. The smallest absolute Gasteiger partial charge is 0.250 e. The van der Waals surface area contributed by atoms with Crippen molar-refractivity contribution in [1.29, 1.82) is 0 Å². The van der Waals surface area contributed by atoms with Crippen molar-refractivity contribution in [3.63, 3.8) is 0 Å². The molecule has 0 radical (unpaired) electrons. The van der Waals surface area contributed by atoms with Crippen LogP contribution in [0.1, 0.15) is 31.4 Å². The lowest BCUT2D eigenvalue weighted by molar-refractivity contribution is 0.158. The van der Waals surface area contributed by atoms with Crippen LogP contribution in [0.4, 0.5) is 0 Å². The Hall–Kier alpha value is -1.21. The molecule has 0 fully saturated rings. The maximum Gasteiger partial charge on any atom is 0.250 e. The number of fused-ring (bicyclic) bond motifs is 1. The molecule has 0 aliphatic carbocycles. The van der Waals surface area contributed by atoms with Gasteiger partial charge in [0.05, 0.1) is 0 Å². The van der Waals surface area contributed by atoms with Crippen LogP contribution in [0.25, 0.3) is 0 Å². The Morgan fingerprint density at radius 1 is 1.16 bits per heavy atom. The van der Waals surface area contributed by atoms with Gasteiger partial charge in [-0.15, -0.1) is 11.3 Å². The highest BCUT2D eigenvalue weighted by Gasteiger charge is 2.26. The van der Waals surface area contributed by atoms with Crippen LogP contribution in [0.15, 0.2) is 46.0 Å². The van der Waals surface area contributed by atoms with E-state index < -0.39 is 10.0 Å². The van der Waals surface area contributed by atoms with Crippen molar-refractivity contribution >= 4 is 21.4 Å². The first kappa shape index (κ1) is 18.6. The number of benzene rings is 1. The first-order valence-electron chi connectivity index (χ1n) is 8.79. The number of nitrogens with one attached hydrogen (secondary N) is 1. The monoisotopic (exact) mass is 378 g/mol. The van der Waals surface area contributed by atoms with Crippen LogP contribution in [0.5, 0.6) is 0 Å². The third-order valence-corrected chi connectivity index (χ3v) is 7.51. The zero-order valence-corrected chi connectivity index (χ0v) is 16.4. The molecule has 6 heteroatoms. The molecule has 1 aromatic heterocycles. The number of rotatable bonds is 7. The molecule has 136 valence electrons. The van der Waals surface area contributed by atoms with Gasteiger partial charge in [0.1, 0.15) is 4.21 Å². The van der Waals surface area contributed by atoms with E-state index >= 15 is 0 Å². The molecule has 0 bridgehead atoms. The van der Waals surface area contributed by atoms with E-state index in [1.165, 1.54) is 22.5 Å². The average molecular weight is 379 g/mol. The molecule has 0 saturated heterocycles. The highest BCUT2D eigenvalue weighted by atomic mass is 32.2. The zero-order valence-electron chi connectivity index (χ0n) is 14.8. The van der Waals surface area contributed by atoms with Crippen LogP contribution < -0.4 is 4.72 Å². The first-order valence-corrected chi connectivity index (χ1v) is 11.2. The fourth-order valence-electron chi connectivity index (χ4n) is 3.43. The minimum Gasteiger partial charge on any atom is -0.294 e. The largest absolute Gasteiger partial charge is 0.294 e. The molecule has 4 nitrogen and oxygen atoms in total. The predicted octanol–water partition coefficient (Wildman–Crippen LogP) is 3.50. The molecule has 25 heavy (non-hydrogen) atoms. The predicted molar refractivity (Wildman–Crippen MR) is 103 cm³/mol. The van der Waals surface area contributed by atoms with Crippen LogP contribution in [0, 0.1) is 5.92 Å². The fourth-order valence-corrected chi connectivity index (χ4v) is 5.54. The molecular weight excluding hydrogens is 352 g/mol. The molecule has 1 aromatic carbocycles. The van der Waals surface area contributed by atoms with Gasteiger partial charge in [0.25, 0.3) is 0 Å². The van der Waals surface area contributed by atoms with Crippen molar-refractivity contribution in [3.05, 3.63) is 52.9 Å². The van der Waals surface area contributed by atoms with Crippen molar-refractivity contribution in [2.24, 2.45) is 5.92 Å². The van der Waals surface area contributed by atoms with E-state index in [0.717, 1.165) is 25.9 Å². The van der Waals surface area contributed by atoms with Gasteiger partial charge in [-0.3, -0.25) is 4.90 Å². The summed E-state index contributed by atoms with van der Waals surface area (Å²) >= 11 is 1.26. The normalized spacial score (nSPS) is 16.8. The van der Waals surface area contributed by atoms with Crippen LogP contribution in [0.3, 0.4) is 0 Å². The number of sulfonamides is 1. The van der Waals surface area contributed by atoms with Crippen molar-refractivity contribution in [1.82, 2.24) is 9.62 Å². The minimum absolute atomic E-state index is 0.211. The van der Waals surface area contributed by atoms with Gasteiger partial charge in [0.2, 0.25) is 10.0 Å². The molecule has 1 aliphatic rings. The maximum absolute atomic E-state index is 12.4. The second-order valence-corrected chi connectivity index (χ2v) is 10.00. The molecule has 3 rings (SSSR count). The molecule has 0 amide bonds. The van der Waals surface area contributed by atoms with Gasteiger partial charge < -0.3 is 0 Å². The SMILES string of the molecule is CC(C)CC(CNS(=O)(=O)c1cccs1)N1CCc2ccccc2C1. The number of thiophene rings is 1. The van der Waals surface area contributed by atoms with Gasteiger partial charge in [-0.05, 0) is 41.3 Å². The Labute approximate surface area is 154 Å². The topological polar surface area (TPSA) is 49.4 Å². The minimum atomic E-state index is -3.41. The van der Waals surface area contributed by atoms with E-state index in [9.17, 15) is 8.42 Å². The molecule has 1 N–H and O–H groups in total. The molecule has 1 atom stereocenters. The molecule has 2 heterocycles. The summed E-state index contributed by atoms with van der Waals surface area (Å²) in [5.41, 5.74) is 2.78. The highest BCUT2D eigenvalue weighted by molar-refractivity contribution is 7.91. The number of nitrogens with zero attached hydrogens (tertiary/aromatic N) is 1. The molecule has 1 aliphatic heterocycles. The van der Waals surface area contributed by atoms with E-state index in [-0.39, 0.29) is 6.04 Å². The van der Waals surface area contributed by atoms with Gasteiger partial charge in [-0.2, -0.15) is 0 Å². The Morgan fingerprint density at radius 3 is 2.60 bits per heavy atom. The Kier molecular flexibility index (Phi) is 5.94. The van der Waals surface area contributed by atoms with Gasteiger partial charge in [0.15, 0.2) is 0 Å². The van der Waals surface area contributed by atoms with Crippen molar-refractivity contribution in [3.8, 4) is 0 Å². The molecule has 0 spiro atoms. The Balaban J connectivity index is 1.70. The molecule has 2 aromatic rings. The third kappa shape index (κ3) is 4.70. The summed E-state index contributed by atoms with van der Waals surface area (Å²) in [4.78, 5) is 2.43.